The zero-order chi connectivity index (χ0) is 23.5. The summed E-state index contributed by atoms with van der Waals surface area (Å²) >= 11 is 0. The molecule has 4 N–H and O–H groups in total. The third-order valence-corrected chi connectivity index (χ3v) is 6.55. The molecule has 6 heteroatoms. The Labute approximate surface area is 197 Å². The summed E-state index contributed by atoms with van der Waals surface area (Å²) in [6.07, 6.45) is 0.729. The van der Waals surface area contributed by atoms with Gasteiger partial charge in [0.25, 0.3) is 0 Å². The van der Waals surface area contributed by atoms with Gasteiger partial charge >= 0.3 is 0 Å². The van der Waals surface area contributed by atoms with Gasteiger partial charge in [0.05, 0.1) is 24.8 Å². The van der Waals surface area contributed by atoms with Crippen molar-refractivity contribution in [2.45, 2.75) is 31.1 Å². The predicted octanol–water partition coefficient (Wildman–Crippen LogP) is 3.61. The molecule has 0 spiro atoms. The van der Waals surface area contributed by atoms with Crippen molar-refractivity contribution in [3.8, 4) is 5.75 Å². The fourth-order valence-corrected chi connectivity index (χ4v) is 4.89. The Bertz CT molecular complexity index is 1320. The number of ether oxygens (including phenoxy) is 1. The highest BCUT2D eigenvalue weighted by Crippen LogP contribution is 2.32. The first-order valence-corrected chi connectivity index (χ1v) is 11.5. The van der Waals surface area contributed by atoms with Gasteiger partial charge in [-0.05, 0) is 47.2 Å². The van der Waals surface area contributed by atoms with Crippen LogP contribution < -0.4 is 10.9 Å². The maximum absolute atomic E-state index is 11.7. The minimum Gasteiger partial charge on any atom is -0.508 e. The Kier molecular flexibility index (Phi) is 6.20. The zero-order valence-corrected chi connectivity index (χ0v) is 18.8. The lowest BCUT2D eigenvalue weighted by molar-refractivity contribution is 0.0525. The van der Waals surface area contributed by atoms with E-state index in [-0.39, 0.29) is 23.4 Å². The largest absolute Gasteiger partial charge is 0.508 e. The molecule has 1 aliphatic carbocycles. The number of hydrogen-bond donors (Lipinski definition) is 4. The molecule has 0 bridgehead atoms. The maximum atomic E-state index is 11.7. The number of aromatic hydroxyl groups is 1. The van der Waals surface area contributed by atoms with E-state index in [9.17, 15) is 15.0 Å². The second-order valence-electron chi connectivity index (χ2n) is 9.10. The molecule has 174 valence electrons. The third-order valence-electron chi connectivity index (χ3n) is 6.55. The average molecular weight is 457 g/mol. The standard InChI is InChI=1S/C28H28N2O4/c31-22-12-24(23-10-11-27(33)30-25(23)13-22)26(32)16-29-28(14-20-8-4-5-9-21(20)15-28)18-34-17-19-6-2-1-3-7-19/h1-13,26,29,31-32H,14-18H2,(H,30,33)/t26-/m0/s1. The number of aromatic amines is 1. The van der Waals surface area contributed by atoms with Crippen LogP contribution in [0.25, 0.3) is 10.9 Å². The number of phenols is 1. The van der Waals surface area contributed by atoms with Gasteiger partial charge in [-0.3, -0.25) is 4.79 Å². The highest BCUT2D eigenvalue weighted by atomic mass is 16.5. The molecule has 34 heavy (non-hydrogen) atoms. The predicted molar refractivity (Wildman–Crippen MR) is 132 cm³/mol. The summed E-state index contributed by atoms with van der Waals surface area (Å²) in [7, 11) is 0. The number of benzene rings is 3. The highest BCUT2D eigenvalue weighted by molar-refractivity contribution is 5.84. The molecular formula is C28H28N2O4. The van der Waals surface area contributed by atoms with E-state index >= 15 is 0 Å². The Hall–Kier alpha value is -3.45. The van der Waals surface area contributed by atoms with Crippen LogP contribution in [0.15, 0.2) is 83.7 Å². The third kappa shape index (κ3) is 4.75. The topological polar surface area (TPSA) is 94.6 Å². The molecule has 6 nitrogen and oxygen atoms in total. The number of hydrogen-bond acceptors (Lipinski definition) is 5. The van der Waals surface area contributed by atoms with E-state index in [1.54, 1.807) is 12.1 Å². The van der Waals surface area contributed by atoms with Crippen LogP contribution in [0.5, 0.6) is 5.75 Å². The van der Waals surface area contributed by atoms with Crippen LogP contribution in [0, 0.1) is 0 Å². The fourth-order valence-electron chi connectivity index (χ4n) is 4.89. The van der Waals surface area contributed by atoms with Gasteiger partial charge in [0.2, 0.25) is 5.56 Å². The smallest absolute Gasteiger partial charge is 0.248 e. The quantitative estimate of drug-likeness (QED) is 0.325. The van der Waals surface area contributed by atoms with Crippen molar-refractivity contribution in [3.05, 3.63) is 111 Å². The zero-order valence-electron chi connectivity index (χ0n) is 18.8. The number of nitrogens with one attached hydrogen (secondary N) is 2. The second-order valence-corrected chi connectivity index (χ2v) is 9.10. The van der Waals surface area contributed by atoms with Crippen LogP contribution in [-0.4, -0.2) is 33.9 Å². The molecule has 0 unspecified atom stereocenters. The monoisotopic (exact) mass is 456 g/mol. The lowest BCUT2D eigenvalue weighted by Crippen LogP contribution is -2.51. The molecule has 0 saturated heterocycles. The molecule has 3 aromatic carbocycles. The van der Waals surface area contributed by atoms with Crippen molar-refractivity contribution in [2.24, 2.45) is 0 Å². The van der Waals surface area contributed by atoms with Gasteiger partial charge in [-0.15, -0.1) is 0 Å². The van der Waals surface area contributed by atoms with E-state index in [1.165, 1.54) is 23.3 Å². The van der Waals surface area contributed by atoms with E-state index in [1.807, 2.05) is 42.5 Å². The Balaban J connectivity index is 1.35. The van der Waals surface area contributed by atoms with Gasteiger partial charge in [0.1, 0.15) is 5.75 Å². The molecule has 5 rings (SSSR count). The number of phenolic OH excluding ortho intramolecular Hbond substituents is 1. The number of rotatable bonds is 8. The van der Waals surface area contributed by atoms with Crippen molar-refractivity contribution < 1.29 is 14.9 Å². The van der Waals surface area contributed by atoms with Gasteiger partial charge in [-0.2, -0.15) is 0 Å². The van der Waals surface area contributed by atoms with Crippen molar-refractivity contribution in [1.29, 1.82) is 0 Å². The first-order valence-electron chi connectivity index (χ1n) is 11.5. The average Bonchev–Trinajstić information content (AvgIpc) is 3.21. The summed E-state index contributed by atoms with van der Waals surface area (Å²) in [6, 6.07) is 24.6. The summed E-state index contributed by atoms with van der Waals surface area (Å²) < 4.78 is 6.15. The van der Waals surface area contributed by atoms with E-state index in [0.717, 1.165) is 18.4 Å². The normalized spacial score (nSPS) is 15.3. The molecule has 1 aromatic heterocycles. The Morgan fingerprint density at radius 2 is 1.68 bits per heavy atom. The van der Waals surface area contributed by atoms with Crippen molar-refractivity contribution >= 4 is 10.9 Å². The van der Waals surface area contributed by atoms with Crippen LogP contribution in [0.3, 0.4) is 0 Å². The first-order chi connectivity index (χ1) is 16.5. The maximum Gasteiger partial charge on any atom is 0.248 e. The number of aromatic nitrogens is 1. The van der Waals surface area contributed by atoms with Crippen molar-refractivity contribution in [3.63, 3.8) is 0 Å². The first kappa shape index (κ1) is 22.3. The van der Waals surface area contributed by atoms with Crippen molar-refractivity contribution in [2.75, 3.05) is 13.2 Å². The van der Waals surface area contributed by atoms with Crippen molar-refractivity contribution in [1.82, 2.24) is 10.3 Å². The molecule has 0 fully saturated rings. The lowest BCUT2D eigenvalue weighted by Gasteiger charge is -2.32. The summed E-state index contributed by atoms with van der Waals surface area (Å²) in [5, 5.41) is 25.5. The number of aliphatic hydroxyl groups is 1. The van der Waals surface area contributed by atoms with E-state index in [0.29, 0.717) is 29.7 Å². The van der Waals surface area contributed by atoms with Gasteiger partial charge in [0.15, 0.2) is 0 Å². The minimum atomic E-state index is -0.879. The molecule has 0 amide bonds. The summed E-state index contributed by atoms with van der Waals surface area (Å²) in [5.74, 6) is -0.00224. The second kappa shape index (κ2) is 9.43. The minimum absolute atomic E-state index is 0.00224. The van der Waals surface area contributed by atoms with Crippen LogP contribution in [0.1, 0.15) is 28.4 Å². The van der Waals surface area contributed by atoms with Crippen LogP contribution in [0.4, 0.5) is 0 Å². The lowest BCUT2D eigenvalue weighted by atomic mass is 9.95. The van der Waals surface area contributed by atoms with E-state index in [2.05, 4.69) is 22.4 Å². The van der Waals surface area contributed by atoms with E-state index < -0.39 is 6.10 Å². The van der Waals surface area contributed by atoms with Gasteiger partial charge in [-0.1, -0.05) is 54.6 Å². The molecular weight excluding hydrogens is 428 g/mol. The number of β-amino-alcohol motifs (C(OH)–C–C–N with tert-alkyl or cyclic N) is 1. The number of pyridine rings is 1. The molecule has 1 aliphatic rings. The highest BCUT2D eigenvalue weighted by Gasteiger charge is 2.37. The number of fused-ring (bicyclic) bond motifs is 2. The molecule has 0 radical (unpaired) electrons. The molecule has 4 aromatic rings. The Morgan fingerprint density at radius 1 is 0.971 bits per heavy atom. The molecule has 1 heterocycles. The fraction of sp³-hybridized carbons (Fsp3) is 0.250. The summed E-state index contributed by atoms with van der Waals surface area (Å²) in [6.45, 7) is 1.30. The Morgan fingerprint density at radius 3 is 2.41 bits per heavy atom. The number of H-pyrrole nitrogens is 1. The summed E-state index contributed by atoms with van der Waals surface area (Å²) in [5.41, 5.74) is 4.15. The number of aliphatic hydroxyl groups excluding tert-OH is 1. The van der Waals surface area contributed by atoms with Gasteiger partial charge in [-0.25, -0.2) is 0 Å². The van der Waals surface area contributed by atoms with Crippen LogP contribution in [0.2, 0.25) is 0 Å². The molecule has 1 atom stereocenters. The van der Waals surface area contributed by atoms with E-state index in [4.69, 9.17) is 4.74 Å². The molecule has 0 saturated carbocycles. The van der Waals surface area contributed by atoms with Gasteiger partial charge < -0.3 is 25.3 Å². The van der Waals surface area contributed by atoms with Crippen LogP contribution in [-0.2, 0) is 24.2 Å². The SMILES string of the molecule is O=c1ccc2c([C@@H](O)CNC3(COCc4ccccc4)Cc4ccccc4C3)cc(O)cc2[nH]1. The molecule has 0 aliphatic heterocycles. The summed E-state index contributed by atoms with van der Waals surface area (Å²) in [4.78, 5) is 14.4. The van der Waals surface area contributed by atoms with Gasteiger partial charge in [0, 0.05) is 29.6 Å². The van der Waals surface area contributed by atoms with Crippen LogP contribution >= 0.6 is 0 Å².